The summed E-state index contributed by atoms with van der Waals surface area (Å²) in [6.45, 7) is 3.73. The molecule has 1 amide bonds. The number of nitrogens with one attached hydrogen (secondary N) is 2. The Bertz CT molecular complexity index is 1060. The van der Waals surface area contributed by atoms with E-state index in [-0.39, 0.29) is 18.2 Å². The summed E-state index contributed by atoms with van der Waals surface area (Å²) in [4.78, 5) is 42.6. The molecule has 0 radical (unpaired) electrons. The fourth-order valence-corrected chi connectivity index (χ4v) is 2.37. The highest BCUT2D eigenvalue weighted by molar-refractivity contribution is 5.94. The molecule has 0 bridgehead atoms. The van der Waals surface area contributed by atoms with Gasteiger partial charge in [-0.15, -0.1) is 0 Å². The third-order valence-electron chi connectivity index (χ3n) is 3.79. The van der Waals surface area contributed by atoms with Crippen molar-refractivity contribution in [3.8, 4) is 5.75 Å². The van der Waals surface area contributed by atoms with Gasteiger partial charge in [-0.1, -0.05) is 0 Å². The van der Waals surface area contributed by atoms with Crippen LogP contribution in [0.25, 0.3) is 11.2 Å². The molecule has 0 saturated carbocycles. The molecule has 0 saturated heterocycles. The SMILES string of the molecule is CC(C)(N)c1nc(C(=O)NCCn2cnc3c(N)ncnc32)c(O)c(=O)[nH]1. The van der Waals surface area contributed by atoms with Gasteiger partial charge in [-0.2, -0.15) is 0 Å². The van der Waals surface area contributed by atoms with Gasteiger partial charge < -0.3 is 31.4 Å². The molecule has 0 aromatic carbocycles. The number of H-pyrrole nitrogens is 1. The first kappa shape index (κ1) is 18.3. The Balaban J connectivity index is 1.75. The number of aromatic amines is 1. The predicted octanol–water partition coefficient (Wildman–Crippen LogP) is -1.18. The van der Waals surface area contributed by atoms with Crippen molar-refractivity contribution in [2.45, 2.75) is 25.9 Å². The molecule has 3 heterocycles. The molecule has 142 valence electrons. The fraction of sp³-hybridized carbons (Fsp3) is 0.333. The first-order chi connectivity index (χ1) is 12.7. The van der Waals surface area contributed by atoms with Crippen molar-refractivity contribution in [3.05, 3.63) is 34.5 Å². The van der Waals surface area contributed by atoms with Crippen LogP contribution in [0.5, 0.6) is 5.75 Å². The van der Waals surface area contributed by atoms with Crippen LogP contribution < -0.4 is 22.3 Å². The number of amides is 1. The van der Waals surface area contributed by atoms with E-state index >= 15 is 0 Å². The van der Waals surface area contributed by atoms with E-state index in [1.165, 1.54) is 12.7 Å². The minimum atomic E-state index is -0.989. The van der Waals surface area contributed by atoms with E-state index in [1.54, 1.807) is 18.4 Å². The number of rotatable bonds is 5. The smallest absolute Gasteiger partial charge is 0.293 e. The number of carbonyl (C=O) groups excluding carboxylic acids is 1. The van der Waals surface area contributed by atoms with E-state index in [0.717, 1.165) is 0 Å². The van der Waals surface area contributed by atoms with Crippen molar-refractivity contribution in [1.29, 1.82) is 0 Å². The molecule has 3 aromatic rings. The van der Waals surface area contributed by atoms with Crippen molar-refractivity contribution >= 4 is 22.9 Å². The van der Waals surface area contributed by atoms with Gasteiger partial charge in [0.15, 0.2) is 17.2 Å². The summed E-state index contributed by atoms with van der Waals surface area (Å²) in [6.07, 6.45) is 2.85. The minimum absolute atomic E-state index is 0.0863. The summed E-state index contributed by atoms with van der Waals surface area (Å²) < 4.78 is 1.69. The van der Waals surface area contributed by atoms with E-state index in [0.29, 0.717) is 17.7 Å². The first-order valence-corrected chi connectivity index (χ1v) is 8.00. The van der Waals surface area contributed by atoms with Gasteiger partial charge in [-0.3, -0.25) is 9.59 Å². The van der Waals surface area contributed by atoms with E-state index < -0.39 is 28.4 Å². The van der Waals surface area contributed by atoms with Gasteiger partial charge in [0.1, 0.15) is 17.7 Å². The topological polar surface area (TPSA) is 191 Å². The van der Waals surface area contributed by atoms with Crippen LogP contribution in [-0.2, 0) is 12.1 Å². The number of anilines is 1. The van der Waals surface area contributed by atoms with Gasteiger partial charge in [0.2, 0.25) is 5.75 Å². The molecular weight excluding hydrogens is 354 g/mol. The molecule has 3 rings (SSSR count). The van der Waals surface area contributed by atoms with Crippen LogP contribution in [0.4, 0.5) is 5.82 Å². The second kappa shape index (κ2) is 6.64. The molecule has 0 atom stereocenters. The highest BCUT2D eigenvalue weighted by Gasteiger charge is 2.24. The number of aromatic nitrogens is 6. The largest absolute Gasteiger partial charge is 0.501 e. The van der Waals surface area contributed by atoms with Gasteiger partial charge in [-0.05, 0) is 13.8 Å². The van der Waals surface area contributed by atoms with Gasteiger partial charge in [-0.25, -0.2) is 19.9 Å². The second-order valence-electron chi connectivity index (χ2n) is 6.46. The zero-order valence-corrected chi connectivity index (χ0v) is 14.7. The van der Waals surface area contributed by atoms with E-state index in [9.17, 15) is 14.7 Å². The first-order valence-electron chi connectivity index (χ1n) is 8.00. The monoisotopic (exact) mass is 373 g/mol. The van der Waals surface area contributed by atoms with Gasteiger partial charge in [0.05, 0.1) is 11.9 Å². The fourth-order valence-electron chi connectivity index (χ4n) is 2.37. The molecule has 0 aliphatic rings. The van der Waals surface area contributed by atoms with Crippen LogP contribution in [-0.4, -0.2) is 47.0 Å². The average molecular weight is 373 g/mol. The Hall–Kier alpha value is -3.54. The van der Waals surface area contributed by atoms with Crippen molar-refractivity contribution in [2.75, 3.05) is 12.3 Å². The number of fused-ring (bicyclic) bond motifs is 1. The molecule has 7 N–H and O–H groups in total. The van der Waals surface area contributed by atoms with Gasteiger partial charge in [0, 0.05) is 13.1 Å². The van der Waals surface area contributed by atoms with Crippen molar-refractivity contribution in [1.82, 2.24) is 34.8 Å². The van der Waals surface area contributed by atoms with Crippen LogP contribution in [0.3, 0.4) is 0 Å². The van der Waals surface area contributed by atoms with E-state index in [4.69, 9.17) is 11.5 Å². The molecule has 0 aliphatic heterocycles. The summed E-state index contributed by atoms with van der Waals surface area (Å²) in [6, 6.07) is 0. The maximum absolute atomic E-state index is 12.3. The Morgan fingerprint density at radius 1 is 1.37 bits per heavy atom. The summed E-state index contributed by atoms with van der Waals surface area (Å²) in [5.41, 5.74) is 10.4. The third-order valence-corrected chi connectivity index (χ3v) is 3.79. The highest BCUT2D eigenvalue weighted by Crippen LogP contribution is 2.15. The van der Waals surface area contributed by atoms with Crippen LogP contribution in [0.2, 0.25) is 0 Å². The Kier molecular flexibility index (Phi) is 4.49. The van der Waals surface area contributed by atoms with Gasteiger partial charge in [0.25, 0.3) is 11.5 Å². The molecule has 3 aromatic heterocycles. The normalized spacial score (nSPS) is 11.7. The van der Waals surface area contributed by atoms with Crippen molar-refractivity contribution in [2.24, 2.45) is 5.73 Å². The number of nitrogen functional groups attached to an aromatic ring is 1. The van der Waals surface area contributed by atoms with Gasteiger partial charge >= 0.3 is 0 Å². The second-order valence-corrected chi connectivity index (χ2v) is 6.46. The maximum Gasteiger partial charge on any atom is 0.293 e. The molecule has 27 heavy (non-hydrogen) atoms. The molecule has 0 unspecified atom stereocenters. The lowest BCUT2D eigenvalue weighted by Gasteiger charge is -2.18. The number of nitrogens with zero attached hydrogens (tertiary/aromatic N) is 5. The lowest BCUT2D eigenvalue weighted by molar-refractivity contribution is 0.0943. The van der Waals surface area contributed by atoms with Crippen LogP contribution in [0, 0.1) is 0 Å². The van der Waals surface area contributed by atoms with Crippen LogP contribution in [0.1, 0.15) is 30.2 Å². The van der Waals surface area contributed by atoms with Crippen LogP contribution >= 0.6 is 0 Å². The van der Waals surface area contributed by atoms with E-state index in [2.05, 4.69) is 30.2 Å². The quantitative estimate of drug-likeness (QED) is 0.366. The molecule has 12 nitrogen and oxygen atoms in total. The number of hydrogen-bond donors (Lipinski definition) is 5. The summed E-state index contributed by atoms with van der Waals surface area (Å²) in [7, 11) is 0. The maximum atomic E-state index is 12.3. The highest BCUT2D eigenvalue weighted by atomic mass is 16.3. The summed E-state index contributed by atoms with van der Waals surface area (Å²) in [5, 5.41) is 12.4. The minimum Gasteiger partial charge on any atom is -0.501 e. The number of hydrogen-bond acceptors (Lipinski definition) is 9. The third kappa shape index (κ3) is 3.55. The Labute approximate surface area is 152 Å². The molecule has 0 fully saturated rings. The number of carbonyl (C=O) groups is 1. The molecule has 0 spiro atoms. The average Bonchev–Trinajstić information content (AvgIpc) is 3.00. The standard InChI is InChI=1S/C15H19N9O3/c1-15(2,17)14-22-7(9(25)13(27)23-14)12(26)18-3-4-24-6-21-8-10(16)19-5-20-11(8)24/h5-6,25H,3-4,17H2,1-2H3,(H,18,26)(H2,16,19,20)(H,22,23,27). The van der Waals surface area contributed by atoms with Crippen molar-refractivity contribution in [3.63, 3.8) is 0 Å². The zero-order valence-electron chi connectivity index (χ0n) is 14.7. The molecule has 12 heteroatoms. The molecular formula is C15H19N9O3. The van der Waals surface area contributed by atoms with Crippen LogP contribution in [0.15, 0.2) is 17.4 Å². The summed E-state index contributed by atoms with van der Waals surface area (Å²) in [5.74, 6) is -1.13. The summed E-state index contributed by atoms with van der Waals surface area (Å²) >= 11 is 0. The lowest BCUT2D eigenvalue weighted by atomic mass is 10.1. The Morgan fingerprint density at radius 3 is 2.81 bits per heavy atom. The number of imidazole rings is 1. The number of aromatic hydroxyl groups is 1. The van der Waals surface area contributed by atoms with Crippen molar-refractivity contribution < 1.29 is 9.90 Å². The predicted molar refractivity (Wildman–Crippen MR) is 95.8 cm³/mol. The molecule has 0 aliphatic carbocycles. The lowest BCUT2D eigenvalue weighted by Crippen LogP contribution is -2.36. The number of nitrogens with two attached hydrogens (primary N) is 2. The Morgan fingerprint density at radius 2 is 2.11 bits per heavy atom. The zero-order chi connectivity index (χ0) is 19.8. The van der Waals surface area contributed by atoms with E-state index in [1.807, 2.05) is 0 Å².